The maximum atomic E-state index is 12.6. The van der Waals surface area contributed by atoms with Crippen LogP contribution in [-0.2, 0) is 12.8 Å². The highest BCUT2D eigenvalue weighted by Crippen LogP contribution is 2.26. The molecule has 144 valence electrons. The smallest absolute Gasteiger partial charge is 0.433 e. The predicted octanol–water partition coefficient (Wildman–Crippen LogP) is 3.31. The predicted molar refractivity (Wildman–Crippen MR) is 98.1 cm³/mol. The molecule has 3 aromatic rings. The highest BCUT2D eigenvalue weighted by Gasteiger charge is 2.33. The van der Waals surface area contributed by atoms with E-state index in [1.165, 1.54) is 6.21 Å². The van der Waals surface area contributed by atoms with Crippen molar-refractivity contribution in [3.63, 3.8) is 0 Å². The van der Waals surface area contributed by atoms with Gasteiger partial charge in [-0.25, -0.2) is 4.98 Å². The molecule has 0 atom stereocenters. The third kappa shape index (κ3) is 4.76. The molecule has 0 amide bonds. The van der Waals surface area contributed by atoms with E-state index in [-0.39, 0.29) is 0 Å². The van der Waals surface area contributed by atoms with Crippen molar-refractivity contribution in [2.24, 2.45) is 5.10 Å². The fourth-order valence-electron chi connectivity index (χ4n) is 2.27. The van der Waals surface area contributed by atoms with Gasteiger partial charge < -0.3 is 10.5 Å². The van der Waals surface area contributed by atoms with Gasteiger partial charge in [0, 0.05) is 6.07 Å². The Morgan fingerprint density at radius 2 is 1.79 bits per heavy atom. The van der Waals surface area contributed by atoms with Gasteiger partial charge in [-0.05, 0) is 35.4 Å². The van der Waals surface area contributed by atoms with E-state index in [1.807, 2.05) is 30.3 Å². The quantitative estimate of drug-likeness (QED) is 0.680. The maximum Gasteiger partial charge on any atom is 0.433 e. The van der Waals surface area contributed by atoms with Gasteiger partial charge in [0.2, 0.25) is 5.95 Å². The Morgan fingerprint density at radius 3 is 2.39 bits per heavy atom. The summed E-state index contributed by atoms with van der Waals surface area (Å²) in [6.07, 6.45) is -3.47. The number of nitrogens with zero attached hydrogens (tertiary/aromatic N) is 3. The summed E-state index contributed by atoms with van der Waals surface area (Å²) in [7, 11) is 0. The number of rotatable bonds is 5. The van der Waals surface area contributed by atoms with E-state index in [9.17, 15) is 18.0 Å². The summed E-state index contributed by atoms with van der Waals surface area (Å²) >= 11 is 0. The van der Waals surface area contributed by atoms with Crippen LogP contribution in [0, 0.1) is 0 Å². The fourth-order valence-corrected chi connectivity index (χ4v) is 2.27. The number of hydrogen-bond acceptors (Lipinski definition) is 5. The molecule has 3 rings (SSSR count). The van der Waals surface area contributed by atoms with Crippen molar-refractivity contribution in [2.75, 3.05) is 5.73 Å². The van der Waals surface area contributed by atoms with Gasteiger partial charge in [0.15, 0.2) is 5.69 Å². The van der Waals surface area contributed by atoms with Gasteiger partial charge in [0.05, 0.1) is 6.21 Å². The van der Waals surface area contributed by atoms with Crippen molar-refractivity contribution in [1.29, 1.82) is 0 Å². The van der Waals surface area contributed by atoms with Crippen LogP contribution in [0.25, 0.3) is 0 Å². The van der Waals surface area contributed by atoms with Crippen molar-refractivity contribution in [2.45, 2.75) is 12.8 Å². The van der Waals surface area contributed by atoms with Crippen LogP contribution in [0.5, 0.6) is 5.75 Å². The van der Waals surface area contributed by atoms with E-state index in [0.717, 1.165) is 5.56 Å². The Hall–Kier alpha value is -3.62. The molecule has 1 heterocycles. The molecule has 28 heavy (non-hydrogen) atoms. The minimum Gasteiger partial charge on any atom is -0.489 e. The number of anilines is 1. The van der Waals surface area contributed by atoms with Crippen LogP contribution in [0.1, 0.15) is 16.8 Å². The third-order valence-corrected chi connectivity index (χ3v) is 3.66. The number of aromatic nitrogens is 2. The van der Waals surface area contributed by atoms with Crippen LogP contribution >= 0.6 is 0 Å². The Balaban J connectivity index is 1.70. The molecule has 2 N–H and O–H groups in total. The van der Waals surface area contributed by atoms with E-state index in [4.69, 9.17) is 10.5 Å². The molecule has 9 heteroatoms. The average molecular weight is 388 g/mol. The summed E-state index contributed by atoms with van der Waals surface area (Å²) < 4.78 is 44.1. The molecule has 0 saturated heterocycles. The lowest BCUT2D eigenvalue weighted by Gasteiger charge is -2.08. The van der Waals surface area contributed by atoms with Crippen molar-refractivity contribution >= 4 is 12.2 Å². The molecular formula is C19H15F3N4O2. The van der Waals surface area contributed by atoms with E-state index in [0.29, 0.717) is 28.7 Å². The summed E-state index contributed by atoms with van der Waals surface area (Å²) in [6, 6.07) is 16.8. The number of benzene rings is 2. The van der Waals surface area contributed by atoms with Gasteiger partial charge in [0.25, 0.3) is 5.56 Å². The zero-order valence-corrected chi connectivity index (χ0v) is 14.4. The first-order valence-electron chi connectivity index (χ1n) is 8.11. The van der Waals surface area contributed by atoms with Crippen LogP contribution in [-0.4, -0.2) is 15.9 Å². The number of halogens is 3. The molecule has 2 aromatic carbocycles. The standard InChI is InChI=1S/C19H15F3N4O2/c20-19(21,22)16-10-17(27)26(18(23)25-16)24-11-13-6-8-15(9-7-13)28-12-14-4-2-1-3-5-14/h1-11H,12H2,(H2,23,25). The summed E-state index contributed by atoms with van der Waals surface area (Å²) in [5, 5.41) is 3.81. The fraction of sp³-hybridized carbons (Fsp3) is 0.105. The largest absolute Gasteiger partial charge is 0.489 e. The van der Waals surface area contributed by atoms with Crippen LogP contribution in [0.2, 0.25) is 0 Å². The molecule has 0 saturated carbocycles. The minimum absolute atomic E-state index is 0.341. The van der Waals surface area contributed by atoms with E-state index >= 15 is 0 Å². The molecule has 0 bridgehead atoms. The van der Waals surface area contributed by atoms with Gasteiger partial charge in [-0.15, -0.1) is 0 Å². The minimum atomic E-state index is -4.76. The zero-order valence-electron chi connectivity index (χ0n) is 14.4. The first kappa shape index (κ1) is 19.2. The molecule has 0 unspecified atom stereocenters. The third-order valence-electron chi connectivity index (χ3n) is 3.66. The molecule has 0 aliphatic carbocycles. The molecule has 0 aliphatic heterocycles. The Kier molecular flexibility index (Phi) is 5.44. The molecule has 0 radical (unpaired) electrons. The van der Waals surface area contributed by atoms with Crippen LogP contribution in [0.3, 0.4) is 0 Å². The van der Waals surface area contributed by atoms with Gasteiger partial charge >= 0.3 is 6.18 Å². The van der Waals surface area contributed by atoms with Gasteiger partial charge in [-0.1, -0.05) is 30.3 Å². The van der Waals surface area contributed by atoms with E-state index in [2.05, 4.69) is 10.1 Å². The number of nitrogens with two attached hydrogens (primary N) is 1. The Bertz CT molecular complexity index is 1030. The number of hydrogen-bond donors (Lipinski definition) is 1. The lowest BCUT2D eigenvalue weighted by atomic mass is 10.2. The second kappa shape index (κ2) is 7.95. The average Bonchev–Trinajstić information content (AvgIpc) is 2.66. The lowest BCUT2D eigenvalue weighted by molar-refractivity contribution is -0.141. The van der Waals surface area contributed by atoms with Crippen LogP contribution in [0.15, 0.2) is 70.6 Å². The molecule has 0 spiro atoms. The zero-order chi connectivity index (χ0) is 20.1. The van der Waals surface area contributed by atoms with Crippen molar-refractivity contribution in [1.82, 2.24) is 9.66 Å². The highest BCUT2D eigenvalue weighted by atomic mass is 19.4. The number of ether oxygens (including phenoxy) is 1. The summed E-state index contributed by atoms with van der Waals surface area (Å²) in [6.45, 7) is 0.414. The normalized spacial score (nSPS) is 11.7. The van der Waals surface area contributed by atoms with Crippen molar-refractivity contribution in [3.8, 4) is 5.75 Å². The van der Waals surface area contributed by atoms with Crippen LogP contribution < -0.4 is 16.0 Å². The SMILES string of the molecule is Nc1nc(C(F)(F)F)cc(=O)n1N=Cc1ccc(OCc2ccccc2)cc1. The monoisotopic (exact) mass is 388 g/mol. The molecule has 0 fully saturated rings. The second-order valence-electron chi connectivity index (χ2n) is 5.74. The number of alkyl halides is 3. The van der Waals surface area contributed by atoms with Crippen molar-refractivity contribution < 1.29 is 17.9 Å². The molecule has 1 aromatic heterocycles. The van der Waals surface area contributed by atoms with Gasteiger partial charge in [-0.3, -0.25) is 4.79 Å². The Labute approximate surface area is 157 Å². The lowest BCUT2D eigenvalue weighted by Crippen LogP contribution is -2.24. The molecule has 0 aliphatic rings. The van der Waals surface area contributed by atoms with Crippen molar-refractivity contribution in [3.05, 3.63) is 87.8 Å². The van der Waals surface area contributed by atoms with E-state index in [1.54, 1.807) is 24.3 Å². The van der Waals surface area contributed by atoms with Gasteiger partial charge in [0.1, 0.15) is 12.4 Å². The van der Waals surface area contributed by atoms with Crippen LogP contribution in [0.4, 0.5) is 19.1 Å². The first-order valence-corrected chi connectivity index (χ1v) is 8.11. The molecular weight excluding hydrogens is 373 g/mol. The summed E-state index contributed by atoms with van der Waals surface area (Å²) in [4.78, 5) is 15.0. The highest BCUT2D eigenvalue weighted by molar-refractivity contribution is 5.79. The maximum absolute atomic E-state index is 12.6. The Morgan fingerprint density at radius 1 is 1.11 bits per heavy atom. The molecule has 6 nitrogen and oxygen atoms in total. The first-order chi connectivity index (χ1) is 13.3. The number of nitrogen functional groups attached to an aromatic ring is 1. The summed E-state index contributed by atoms with van der Waals surface area (Å²) in [5.41, 5.74) is 4.65. The topological polar surface area (TPSA) is 82.5 Å². The van der Waals surface area contributed by atoms with E-state index < -0.39 is 23.4 Å². The van der Waals surface area contributed by atoms with Gasteiger partial charge in [-0.2, -0.15) is 22.9 Å². The summed E-state index contributed by atoms with van der Waals surface area (Å²) in [5.74, 6) is -0.0206. The second-order valence-corrected chi connectivity index (χ2v) is 5.74.